The molecule has 0 saturated heterocycles. The van der Waals surface area contributed by atoms with Crippen molar-refractivity contribution in [3.63, 3.8) is 0 Å². The molecular formula is C12H21NO3S2. The highest BCUT2D eigenvalue weighted by molar-refractivity contribution is 7.83. The lowest BCUT2D eigenvalue weighted by atomic mass is 9.90. The molecule has 0 radical (unpaired) electrons. The summed E-state index contributed by atoms with van der Waals surface area (Å²) in [5.41, 5.74) is 5.04. The highest BCUT2D eigenvalue weighted by atomic mass is 32.1. The summed E-state index contributed by atoms with van der Waals surface area (Å²) in [6.07, 6.45) is 2.43. The first-order valence-corrected chi connectivity index (χ1v) is 6.85. The van der Waals surface area contributed by atoms with E-state index in [1.165, 1.54) is 13.8 Å². The maximum Gasteiger partial charge on any atom is 0.217 e. The van der Waals surface area contributed by atoms with Gasteiger partial charge in [-0.05, 0) is 33.1 Å². The molecule has 2 atom stereocenters. The van der Waals surface area contributed by atoms with E-state index < -0.39 is 10.00 Å². The third kappa shape index (κ3) is 6.44. The van der Waals surface area contributed by atoms with Gasteiger partial charge in [0.2, 0.25) is 5.91 Å². The lowest BCUT2D eigenvalue weighted by Gasteiger charge is -2.27. The molecule has 18 heavy (non-hydrogen) atoms. The van der Waals surface area contributed by atoms with Gasteiger partial charge in [-0.2, -0.15) is 25.3 Å². The molecule has 0 spiro atoms. The number of thiol groups is 2. The number of carbonyl (C=O) groups excluding carboxylic acids is 3. The molecule has 0 aromatic rings. The van der Waals surface area contributed by atoms with Crippen molar-refractivity contribution in [2.75, 3.05) is 0 Å². The van der Waals surface area contributed by atoms with Crippen molar-refractivity contribution in [2.45, 2.75) is 55.9 Å². The molecule has 0 heterocycles. The Hall–Kier alpha value is -0.490. The minimum Gasteiger partial charge on any atom is -0.370 e. The third-order valence-corrected chi connectivity index (χ3v) is 4.19. The number of nitrogens with two attached hydrogens (primary N) is 1. The Kier molecular flexibility index (Phi) is 7.62. The summed E-state index contributed by atoms with van der Waals surface area (Å²) < 4.78 is -0.851. The number of rotatable bonds is 9. The predicted molar refractivity (Wildman–Crippen MR) is 78.1 cm³/mol. The first kappa shape index (κ1) is 17.5. The molecule has 0 aliphatic rings. The Labute approximate surface area is 119 Å². The molecule has 0 aromatic carbocycles. The van der Waals surface area contributed by atoms with Gasteiger partial charge < -0.3 is 5.73 Å². The first-order chi connectivity index (χ1) is 8.19. The van der Waals surface area contributed by atoms with Crippen molar-refractivity contribution in [1.82, 2.24) is 0 Å². The van der Waals surface area contributed by atoms with Crippen molar-refractivity contribution in [2.24, 2.45) is 5.73 Å². The van der Waals surface area contributed by atoms with Gasteiger partial charge in [0.25, 0.3) is 0 Å². The van der Waals surface area contributed by atoms with E-state index in [2.05, 4.69) is 25.3 Å². The Morgan fingerprint density at radius 2 is 1.78 bits per heavy atom. The van der Waals surface area contributed by atoms with Crippen LogP contribution in [-0.4, -0.2) is 27.5 Å². The summed E-state index contributed by atoms with van der Waals surface area (Å²) in [5.74, 6) is -0.501. The average Bonchev–Trinajstić information content (AvgIpc) is 2.23. The Balaban J connectivity index is 4.39. The summed E-state index contributed by atoms with van der Waals surface area (Å²) in [5, 5.41) is -0.484. The predicted octanol–water partition coefficient (Wildman–Crippen LogP) is 1.57. The minimum atomic E-state index is -0.851. The van der Waals surface area contributed by atoms with Crippen molar-refractivity contribution in [3.8, 4) is 0 Å². The number of primary amides is 1. The van der Waals surface area contributed by atoms with Gasteiger partial charge in [0.15, 0.2) is 0 Å². The first-order valence-electron chi connectivity index (χ1n) is 5.89. The number of carbonyl (C=O) groups is 3. The van der Waals surface area contributed by atoms with Gasteiger partial charge in [-0.1, -0.05) is 6.42 Å². The van der Waals surface area contributed by atoms with Gasteiger partial charge in [0, 0.05) is 6.42 Å². The number of ketones is 2. The minimum absolute atomic E-state index is 0.0739. The number of hydrogen-bond donors (Lipinski definition) is 3. The smallest absolute Gasteiger partial charge is 0.217 e. The second-order valence-electron chi connectivity index (χ2n) is 4.59. The zero-order chi connectivity index (χ0) is 14.3. The Bertz CT molecular complexity index is 333. The summed E-state index contributed by atoms with van der Waals surface area (Å²) in [7, 11) is 0. The van der Waals surface area contributed by atoms with Gasteiger partial charge in [-0.3, -0.25) is 14.4 Å². The fourth-order valence-electron chi connectivity index (χ4n) is 1.60. The summed E-state index contributed by atoms with van der Waals surface area (Å²) >= 11 is 8.57. The fourth-order valence-corrected chi connectivity index (χ4v) is 2.40. The molecule has 0 bridgehead atoms. The number of hydrogen-bond acceptors (Lipinski definition) is 5. The normalized spacial score (nSPS) is 15.8. The van der Waals surface area contributed by atoms with Crippen LogP contribution < -0.4 is 5.73 Å². The molecule has 4 nitrogen and oxygen atoms in total. The second kappa shape index (κ2) is 7.84. The molecule has 6 heteroatoms. The standard InChI is InChI=1S/C12H21NO3S2/c1-8(14)10(17)7-12(18,9(2)15)6-4-3-5-11(13)16/h10,17-18H,3-7H2,1-2H3,(H2,13,16). The molecule has 104 valence electrons. The maximum absolute atomic E-state index is 11.6. The van der Waals surface area contributed by atoms with Gasteiger partial charge >= 0.3 is 0 Å². The van der Waals surface area contributed by atoms with Crippen LogP contribution in [0.3, 0.4) is 0 Å². The van der Waals surface area contributed by atoms with Crippen molar-refractivity contribution in [1.29, 1.82) is 0 Å². The molecule has 0 fully saturated rings. The van der Waals surface area contributed by atoms with Crippen LogP contribution >= 0.6 is 25.3 Å². The lowest BCUT2D eigenvalue weighted by Crippen LogP contribution is -2.35. The van der Waals surface area contributed by atoms with E-state index in [0.717, 1.165) is 0 Å². The summed E-state index contributed by atoms with van der Waals surface area (Å²) in [4.78, 5) is 33.4. The molecule has 0 aliphatic carbocycles. The van der Waals surface area contributed by atoms with Crippen LogP contribution in [0.2, 0.25) is 0 Å². The topological polar surface area (TPSA) is 77.2 Å². The van der Waals surface area contributed by atoms with Crippen LogP contribution in [0.4, 0.5) is 0 Å². The molecule has 1 amide bonds. The molecular weight excluding hydrogens is 270 g/mol. The number of unbranched alkanes of at least 4 members (excludes halogenated alkanes) is 1. The summed E-state index contributed by atoms with van der Waals surface area (Å²) in [6, 6.07) is 0. The molecule has 0 saturated carbocycles. The van der Waals surface area contributed by atoms with E-state index in [9.17, 15) is 14.4 Å². The number of amides is 1. The van der Waals surface area contributed by atoms with E-state index in [4.69, 9.17) is 5.73 Å². The zero-order valence-corrected chi connectivity index (χ0v) is 12.6. The van der Waals surface area contributed by atoms with Crippen LogP contribution in [0.5, 0.6) is 0 Å². The summed E-state index contributed by atoms with van der Waals surface area (Å²) in [6.45, 7) is 2.90. The zero-order valence-electron chi connectivity index (χ0n) is 10.8. The Morgan fingerprint density at radius 1 is 1.22 bits per heavy atom. The van der Waals surface area contributed by atoms with Gasteiger partial charge in [0.05, 0.1) is 10.00 Å². The van der Waals surface area contributed by atoms with Crippen LogP contribution in [0.25, 0.3) is 0 Å². The molecule has 2 N–H and O–H groups in total. The van der Waals surface area contributed by atoms with E-state index in [1.807, 2.05) is 0 Å². The lowest BCUT2D eigenvalue weighted by molar-refractivity contribution is -0.120. The largest absolute Gasteiger partial charge is 0.370 e. The molecule has 2 unspecified atom stereocenters. The second-order valence-corrected chi connectivity index (χ2v) is 6.07. The van der Waals surface area contributed by atoms with Gasteiger partial charge in [-0.15, -0.1) is 0 Å². The van der Waals surface area contributed by atoms with Crippen LogP contribution in [0.1, 0.15) is 46.0 Å². The maximum atomic E-state index is 11.6. The highest BCUT2D eigenvalue weighted by Crippen LogP contribution is 2.31. The highest BCUT2D eigenvalue weighted by Gasteiger charge is 2.33. The Morgan fingerprint density at radius 3 is 2.17 bits per heavy atom. The average molecular weight is 291 g/mol. The molecule has 0 aliphatic heterocycles. The van der Waals surface area contributed by atoms with Crippen molar-refractivity contribution in [3.05, 3.63) is 0 Å². The van der Waals surface area contributed by atoms with Gasteiger partial charge in [-0.25, -0.2) is 0 Å². The van der Waals surface area contributed by atoms with Crippen molar-refractivity contribution >= 4 is 42.7 Å². The van der Waals surface area contributed by atoms with Crippen molar-refractivity contribution < 1.29 is 14.4 Å². The van der Waals surface area contributed by atoms with E-state index in [-0.39, 0.29) is 17.5 Å². The van der Waals surface area contributed by atoms with Gasteiger partial charge in [0.1, 0.15) is 11.6 Å². The van der Waals surface area contributed by atoms with Crippen LogP contribution in [0.15, 0.2) is 0 Å². The molecule has 0 rings (SSSR count). The van der Waals surface area contributed by atoms with Crippen LogP contribution in [-0.2, 0) is 14.4 Å². The number of Topliss-reactive ketones (excluding diaryl/α,β-unsaturated/α-hetero) is 2. The van der Waals surface area contributed by atoms with E-state index in [1.54, 1.807) is 0 Å². The van der Waals surface area contributed by atoms with Crippen LogP contribution in [0, 0.1) is 0 Å². The van der Waals surface area contributed by atoms with E-state index in [0.29, 0.717) is 32.1 Å². The SMILES string of the molecule is CC(=O)C(S)CC(S)(CCCCC(N)=O)C(C)=O. The third-order valence-electron chi connectivity index (χ3n) is 2.92. The fraction of sp³-hybridized carbons (Fsp3) is 0.750. The quantitative estimate of drug-likeness (QED) is 0.446. The molecule has 0 aromatic heterocycles. The monoisotopic (exact) mass is 291 g/mol. The van der Waals surface area contributed by atoms with E-state index >= 15 is 0 Å².